The maximum atomic E-state index is 10.8. The molecule has 0 radical (unpaired) electrons. The maximum Gasteiger partial charge on any atom is 0.303 e. The van der Waals surface area contributed by atoms with Crippen molar-refractivity contribution in [3.63, 3.8) is 0 Å². The molecule has 1 aliphatic carbocycles. The van der Waals surface area contributed by atoms with E-state index in [1.807, 2.05) is 0 Å². The quantitative estimate of drug-likeness (QED) is 0.526. The summed E-state index contributed by atoms with van der Waals surface area (Å²) >= 11 is 0. The summed E-state index contributed by atoms with van der Waals surface area (Å²) in [5.74, 6) is -0.255. The zero-order valence-corrected chi connectivity index (χ0v) is 15.8. The highest BCUT2D eigenvalue weighted by Gasteiger charge is 2.36. The van der Waals surface area contributed by atoms with Gasteiger partial charge in [-0.25, -0.2) is 0 Å². The van der Waals surface area contributed by atoms with Crippen LogP contribution < -0.4 is 5.73 Å². The second-order valence-electron chi connectivity index (χ2n) is 7.96. The summed E-state index contributed by atoms with van der Waals surface area (Å²) in [5.41, 5.74) is 8.93. The average Bonchev–Trinajstić information content (AvgIpc) is 3.00. The van der Waals surface area contributed by atoms with Gasteiger partial charge in [-0.05, 0) is 55.6 Å². The van der Waals surface area contributed by atoms with Crippen LogP contribution in [0.4, 0.5) is 0 Å². The minimum atomic E-state index is -0.743. The SMILES string of the molecule is CCCCCCCCc1ccc(C2CCC(N)(CCC(=O)O)C2)cc1. The Hall–Kier alpha value is -1.35. The third-order valence-corrected chi connectivity index (χ3v) is 5.75. The Morgan fingerprint density at radius 1 is 1.16 bits per heavy atom. The van der Waals surface area contributed by atoms with Gasteiger partial charge in [0.15, 0.2) is 0 Å². The lowest BCUT2D eigenvalue weighted by Gasteiger charge is -2.23. The highest BCUT2D eigenvalue weighted by atomic mass is 16.4. The molecule has 0 heterocycles. The van der Waals surface area contributed by atoms with Gasteiger partial charge in [-0.3, -0.25) is 4.79 Å². The molecule has 0 aliphatic heterocycles. The van der Waals surface area contributed by atoms with Crippen LogP contribution in [0.5, 0.6) is 0 Å². The van der Waals surface area contributed by atoms with Crippen molar-refractivity contribution in [2.45, 2.75) is 95.4 Å². The van der Waals surface area contributed by atoms with E-state index in [1.54, 1.807) is 0 Å². The molecule has 1 aliphatic rings. The first-order valence-corrected chi connectivity index (χ1v) is 10.1. The van der Waals surface area contributed by atoms with Crippen LogP contribution in [0.15, 0.2) is 24.3 Å². The molecule has 0 spiro atoms. The third-order valence-electron chi connectivity index (χ3n) is 5.75. The van der Waals surface area contributed by atoms with Crippen molar-refractivity contribution in [3.05, 3.63) is 35.4 Å². The number of unbranched alkanes of at least 4 members (excludes halogenated alkanes) is 5. The van der Waals surface area contributed by atoms with Crippen LogP contribution in [0.25, 0.3) is 0 Å². The van der Waals surface area contributed by atoms with Crippen LogP contribution in [0.2, 0.25) is 0 Å². The van der Waals surface area contributed by atoms with Gasteiger partial charge in [0, 0.05) is 12.0 Å². The number of hydrogen-bond acceptors (Lipinski definition) is 2. The Bertz CT molecular complexity index is 525. The smallest absolute Gasteiger partial charge is 0.303 e. The molecular formula is C22H35NO2. The van der Waals surface area contributed by atoms with E-state index in [9.17, 15) is 4.79 Å². The number of nitrogens with two attached hydrogens (primary N) is 1. The molecule has 0 aromatic heterocycles. The molecule has 1 aromatic rings. The lowest BCUT2D eigenvalue weighted by Crippen LogP contribution is -2.37. The number of aryl methyl sites for hydroxylation is 1. The van der Waals surface area contributed by atoms with Crippen LogP contribution in [0.1, 0.15) is 94.6 Å². The Kier molecular flexibility index (Phi) is 7.95. The molecule has 1 fully saturated rings. The Morgan fingerprint density at radius 3 is 2.52 bits per heavy atom. The molecule has 3 nitrogen and oxygen atoms in total. The fourth-order valence-electron chi connectivity index (χ4n) is 4.09. The zero-order valence-electron chi connectivity index (χ0n) is 15.8. The van der Waals surface area contributed by atoms with Crippen molar-refractivity contribution in [3.8, 4) is 0 Å². The molecule has 25 heavy (non-hydrogen) atoms. The monoisotopic (exact) mass is 345 g/mol. The average molecular weight is 346 g/mol. The highest BCUT2D eigenvalue weighted by Crippen LogP contribution is 2.41. The first-order chi connectivity index (χ1) is 12.0. The summed E-state index contributed by atoms with van der Waals surface area (Å²) in [6.07, 6.45) is 12.9. The summed E-state index contributed by atoms with van der Waals surface area (Å²) in [6.45, 7) is 2.26. The molecule has 140 valence electrons. The summed E-state index contributed by atoms with van der Waals surface area (Å²) in [6, 6.07) is 9.07. The number of carbonyl (C=O) groups is 1. The minimum Gasteiger partial charge on any atom is -0.481 e. The van der Waals surface area contributed by atoms with E-state index in [0.717, 1.165) is 19.3 Å². The van der Waals surface area contributed by atoms with Crippen molar-refractivity contribution in [1.82, 2.24) is 0 Å². The molecule has 1 saturated carbocycles. The van der Waals surface area contributed by atoms with Crippen molar-refractivity contribution in [2.24, 2.45) is 5.73 Å². The summed E-state index contributed by atoms with van der Waals surface area (Å²) in [7, 11) is 0. The largest absolute Gasteiger partial charge is 0.481 e. The van der Waals surface area contributed by atoms with Crippen molar-refractivity contribution >= 4 is 5.97 Å². The van der Waals surface area contributed by atoms with Crippen LogP contribution in [-0.2, 0) is 11.2 Å². The van der Waals surface area contributed by atoms with Gasteiger partial charge >= 0.3 is 5.97 Å². The molecule has 2 unspecified atom stereocenters. The van der Waals surface area contributed by atoms with E-state index in [4.69, 9.17) is 10.8 Å². The summed E-state index contributed by atoms with van der Waals surface area (Å²) in [4.78, 5) is 10.8. The van der Waals surface area contributed by atoms with E-state index < -0.39 is 5.97 Å². The maximum absolute atomic E-state index is 10.8. The predicted molar refractivity (Wildman–Crippen MR) is 104 cm³/mol. The Balaban J connectivity index is 1.75. The number of benzene rings is 1. The van der Waals surface area contributed by atoms with Gasteiger partial charge in [0.2, 0.25) is 0 Å². The normalized spacial score (nSPS) is 23.0. The van der Waals surface area contributed by atoms with E-state index in [0.29, 0.717) is 12.3 Å². The second kappa shape index (κ2) is 9.96. The number of carboxylic acid groups (broad SMARTS) is 1. The van der Waals surface area contributed by atoms with Crippen LogP contribution >= 0.6 is 0 Å². The number of carboxylic acids is 1. The molecule has 2 rings (SSSR count). The van der Waals surface area contributed by atoms with Crippen LogP contribution in [-0.4, -0.2) is 16.6 Å². The number of hydrogen-bond donors (Lipinski definition) is 2. The standard InChI is InChI=1S/C22H35NO2/c1-2-3-4-5-6-7-8-18-9-11-19(12-10-18)20-13-15-22(23,17-20)16-14-21(24)25/h9-12,20H,2-8,13-17,23H2,1H3,(H,24,25). The summed E-state index contributed by atoms with van der Waals surface area (Å²) in [5, 5.41) is 8.88. The predicted octanol–water partition coefficient (Wildman–Crippen LogP) is 5.42. The van der Waals surface area contributed by atoms with E-state index in [1.165, 1.54) is 56.1 Å². The highest BCUT2D eigenvalue weighted by molar-refractivity contribution is 5.66. The van der Waals surface area contributed by atoms with Gasteiger partial charge in [0.25, 0.3) is 0 Å². The molecule has 0 saturated heterocycles. The molecule has 2 atom stereocenters. The molecule has 1 aromatic carbocycles. The fourth-order valence-corrected chi connectivity index (χ4v) is 4.09. The van der Waals surface area contributed by atoms with Gasteiger partial charge in [0.05, 0.1) is 0 Å². The first kappa shape index (κ1) is 20.0. The van der Waals surface area contributed by atoms with Gasteiger partial charge in [-0.15, -0.1) is 0 Å². The fraction of sp³-hybridized carbons (Fsp3) is 0.682. The zero-order chi connectivity index (χ0) is 18.1. The van der Waals surface area contributed by atoms with Crippen molar-refractivity contribution in [2.75, 3.05) is 0 Å². The molecule has 0 amide bonds. The lowest BCUT2D eigenvalue weighted by molar-refractivity contribution is -0.137. The molecule has 3 N–H and O–H groups in total. The van der Waals surface area contributed by atoms with E-state index >= 15 is 0 Å². The second-order valence-corrected chi connectivity index (χ2v) is 7.96. The first-order valence-electron chi connectivity index (χ1n) is 10.1. The Labute approximate surface area is 153 Å². The number of aliphatic carboxylic acids is 1. The minimum absolute atomic E-state index is 0.181. The lowest BCUT2D eigenvalue weighted by atomic mass is 9.89. The number of rotatable bonds is 11. The van der Waals surface area contributed by atoms with Gasteiger partial charge in [-0.1, -0.05) is 63.3 Å². The third kappa shape index (κ3) is 6.81. The van der Waals surface area contributed by atoms with E-state index in [2.05, 4.69) is 31.2 Å². The van der Waals surface area contributed by atoms with E-state index in [-0.39, 0.29) is 12.0 Å². The van der Waals surface area contributed by atoms with Crippen LogP contribution in [0, 0.1) is 0 Å². The summed E-state index contributed by atoms with van der Waals surface area (Å²) < 4.78 is 0. The topological polar surface area (TPSA) is 63.3 Å². The van der Waals surface area contributed by atoms with Gasteiger partial charge in [-0.2, -0.15) is 0 Å². The van der Waals surface area contributed by atoms with Crippen molar-refractivity contribution in [1.29, 1.82) is 0 Å². The van der Waals surface area contributed by atoms with Crippen LogP contribution in [0.3, 0.4) is 0 Å². The van der Waals surface area contributed by atoms with Gasteiger partial charge < -0.3 is 10.8 Å². The Morgan fingerprint density at radius 2 is 1.84 bits per heavy atom. The van der Waals surface area contributed by atoms with Gasteiger partial charge in [0.1, 0.15) is 0 Å². The molecule has 3 heteroatoms. The molecule has 0 bridgehead atoms. The van der Waals surface area contributed by atoms with Crippen molar-refractivity contribution < 1.29 is 9.90 Å². The molecular weight excluding hydrogens is 310 g/mol.